The van der Waals surface area contributed by atoms with Crippen LogP contribution in [0.5, 0.6) is 0 Å². The summed E-state index contributed by atoms with van der Waals surface area (Å²) in [5.41, 5.74) is 2.83. The van der Waals surface area contributed by atoms with E-state index in [1.807, 2.05) is 25.4 Å². The minimum absolute atomic E-state index is 0.255. The third-order valence-electron chi connectivity index (χ3n) is 6.17. The Morgan fingerprint density at radius 1 is 1.00 bits per heavy atom. The minimum atomic E-state index is 0.255. The summed E-state index contributed by atoms with van der Waals surface area (Å²) in [6.07, 6.45) is 9.34. The van der Waals surface area contributed by atoms with Gasteiger partial charge in [0.1, 0.15) is 5.82 Å². The molecule has 1 unspecified atom stereocenters. The van der Waals surface area contributed by atoms with Crippen LogP contribution in [-0.4, -0.2) is 76.3 Å². The molecule has 0 bridgehead atoms. The van der Waals surface area contributed by atoms with E-state index in [0.29, 0.717) is 0 Å². The average Bonchev–Trinajstić information content (AvgIpc) is 3.26. The first-order chi connectivity index (χ1) is 15.2. The number of aromatic nitrogens is 5. The summed E-state index contributed by atoms with van der Waals surface area (Å²) in [5, 5.41) is 4.09. The largest absolute Gasteiger partial charge is 0.356 e. The van der Waals surface area contributed by atoms with Crippen molar-refractivity contribution in [3.05, 3.63) is 42.2 Å². The summed E-state index contributed by atoms with van der Waals surface area (Å²) in [7, 11) is 2.15. The quantitative estimate of drug-likeness (QED) is 0.631. The molecule has 0 saturated carbocycles. The van der Waals surface area contributed by atoms with Gasteiger partial charge in [0.2, 0.25) is 5.95 Å². The Kier molecular flexibility index (Phi) is 5.50. The molecule has 0 spiro atoms. The van der Waals surface area contributed by atoms with Crippen molar-refractivity contribution in [3.63, 3.8) is 0 Å². The topological polar surface area (TPSA) is 87.3 Å². The zero-order valence-corrected chi connectivity index (χ0v) is 18.1. The van der Waals surface area contributed by atoms with E-state index in [9.17, 15) is 0 Å². The summed E-state index contributed by atoms with van der Waals surface area (Å²) in [5.74, 6) is 2.71. The third-order valence-corrected chi connectivity index (χ3v) is 6.17. The van der Waals surface area contributed by atoms with E-state index in [1.54, 1.807) is 12.4 Å². The second-order valence-electron chi connectivity index (χ2n) is 8.44. The molecule has 0 amide bonds. The van der Waals surface area contributed by atoms with E-state index in [1.165, 1.54) is 0 Å². The molecule has 0 aromatic carbocycles. The number of nitrogens with zero attached hydrogens (tertiary/aromatic N) is 8. The molecule has 3 aromatic heterocycles. The number of piperazine rings is 1. The zero-order chi connectivity index (χ0) is 21.2. The molecule has 0 N–H and O–H groups in total. The van der Waals surface area contributed by atoms with Gasteiger partial charge in [0.25, 0.3) is 0 Å². The SMILES string of the molecule is Cc1cc(-c2cnc(N3CCN(C)CC3)nc2C2CCCN(c3cnccn3)C2)on1. The first-order valence-corrected chi connectivity index (χ1v) is 10.9. The minimum Gasteiger partial charge on any atom is -0.356 e. The van der Waals surface area contributed by atoms with E-state index in [4.69, 9.17) is 14.5 Å². The summed E-state index contributed by atoms with van der Waals surface area (Å²) < 4.78 is 5.61. The van der Waals surface area contributed by atoms with Crippen molar-refractivity contribution in [1.82, 2.24) is 30.0 Å². The number of hydrogen-bond donors (Lipinski definition) is 0. The first kappa shape index (κ1) is 19.9. The summed E-state index contributed by atoms with van der Waals surface area (Å²) >= 11 is 0. The maximum absolute atomic E-state index is 5.61. The van der Waals surface area contributed by atoms with E-state index >= 15 is 0 Å². The van der Waals surface area contributed by atoms with Crippen LogP contribution in [0.25, 0.3) is 11.3 Å². The van der Waals surface area contributed by atoms with E-state index in [2.05, 4.69) is 36.9 Å². The first-order valence-electron chi connectivity index (χ1n) is 10.9. The number of rotatable bonds is 4. The molecule has 9 nitrogen and oxygen atoms in total. The third kappa shape index (κ3) is 4.23. The molecule has 1 atom stereocenters. The molecule has 2 saturated heterocycles. The molecule has 9 heteroatoms. The Labute approximate surface area is 182 Å². The molecule has 31 heavy (non-hydrogen) atoms. The summed E-state index contributed by atoms with van der Waals surface area (Å²) in [6, 6.07) is 1.96. The van der Waals surface area contributed by atoms with Crippen molar-refractivity contribution in [2.45, 2.75) is 25.7 Å². The normalized spacial score (nSPS) is 20.3. The Morgan fingerprint density at radius 3 is 2.61 bits per heavy atom. The van der Waals surface area contributed by atoms with Gasteiger partial charge in [0.15, 0.2) is 5.76 Å². The second kappa shape index (κ2) is 8.58. The molecular weight excluding hydrogens is 392 g/mol. The molecule has 0 radical (unpaired) electrons. The number of piperidine rings is 1. The van der Waals surface area contributed by atoms with Gasteiger partial charge in [-0.25, -0.2) is 15.0 Å². The van der Waals surface area contributed by atoms with Gasteiger partial charge in [0.05, 0.1) is 23.1 Å². The molecular formula is C22H28N8O. The smallest absolute Gasteiger partial charge is 0.225 e. The van der Waals surface area contributed by atoms with Gasteiger partial charge in [-0.05, 0) is 26.8 Å². The lowest BCUT2D eigenvalue weighted by Gasteiger charge is -2.35. The van der Waals surface area contributed by atoms with Crippen molar-refractivity contribution >= 4 is 11.8 Å². The van der Waals surface area contributed by atoms with E-state index in [-0.39, 0.29) is 5.92 Å². The van der Waals surface area contributed by atoms with Crippen molar-refractivity contribution in [3.8, 4) is 11.3 Å². The Bertz CT molecular complexity index is 1020. The average molecular weight is 421 g/mol. The van der Waals surface area contributed by atoms with Crippen LogP contribution in [-0.2, 0) is 0 Å². The highest BCUT2D eigenvalue weighted by molar-refractivity contribution is 5.62. The van der Waals surface area contributed by atoms with Gasteiger partial charge in [-0.2, -0.15) is 0 Å². The predicted octanol–water partition coefficient (Wildman–Crippen LogP) is 2.37. The van der Waals surface area contributed by atoms with Gasteiger partial charge in [0, 0.05) is 69.8 Å². The highest BCUT2D eigenvalue weighted by Gasteiger charge is 2.28. The van der Waals surface area contributed by atoms with E-state index < -0.39 is 0 Å². The van der Waals surface area contributed by atoms with Crippen LogP contribution in [0, 0.1) is 6.92 Å². The van der Waals surface area contributed by atoms with Crippen LogP contribution in [0.1, 0.15) is 30.1 Å². The van der Waals surface area contributed by atoms with Crippen molar-refractivity contribution in [2.75, 3.05) is 56.1 Å². The Balaban J connectivity index is 1.49. The Hall–Kier alpha value is -3.07. The molecule has 5 heterocycles. The molecule has 2 fully saturated rings. The lowest BCUT2D eigenvalue weighted by molar-refractivity contribution is 0.311. The second-order valence-corrected chi connectivity index (χ2v) is 8.44. The standard InChI is InChI=1S/C22H28N8O/c1-16-12-19(31-27-16)18-13-25-22(29-10-8-28(2)9-11-29)26-21(18)17-4-3-7-30(15-17)20-14-23-5-6-24-20/h5-6,12-14,17H,3-4,7-11,15H2,1-2H3. The van der Waals surface area contributed by atoms with Crippen molar-refractivity contribution < 1.29 is 4.52 Å². The monoisotopic (exact) mass is 420 g/mol. The summed E-state index contributed by atoms with van der Waals surface area (Å²) in [4.78, 5) is 25.5. The fourth-order valence-corrected chi connectivity index (χ4v) is 4.40. The molecule has 162 valence electrons. The number of aryl methyl sites for hydroxylation is 1. The molecule has 2 aliphatic heterocycles. The van der Waals surface area contributed by atoms with Crippen molar-refractivity contribution in [2.24, 2.45) is 0 Å². The lowest BCUT2D eigenvalue weighted by Crippen LogP contribution is -2.45. The lowest BCUT2D eigenvalue weighted by atomic mass is 9.91. The Morgan fingerprint density at radius 2 is 1.87 bits per heavy atom. The van der Waals surface area contributed by atoms with Crippen LogP contribution in [0.3, 0.4) is 0 Å². The zero-order valence-electron chi connectivity index (χ0n) is 18.1. The molecule has 5 rings (SSSR count). The van der Waals surface area contributed by atoms with Gasteiger partial charge in [-0.3, -0.25) is 4.98 Å². The number of likely N-dealkylation sites (N-methyl/N-ethyl adjacent to an activating group) is 1. The van der Waals surface area contributed by atoms with Crippen LogP contribution in [0.4, 0.5) is 11.8 Å². The van der Waals surface area contributed by atoms with Crippen LogP contribution in [0.15, 0.2) is 35.4 Å². The fourth-order valence-electron chi connectivity index (χ4n) is 4.40. The highest BCUT2D eigenvalue weighted by atomic mass is 16.5. The van der Waals surface area contributed by atoms with Gasteiger partial charge in [-0.1, -0.05) is 5.16 Å². The van der Waals surface area contributed by atoms with Crippen molar-refractivity contribution in [1.29, 1.82) is 0 Å². The van der Waals surface area contributed by atoms with Gasteiger partial charge >= 0.3 is 0 Å². The van der Waals surface area contributed by atoms with Gasteiger partial charge in [-0.15, -0.1) is 0 Å². The molecule has 3 aromatic rings. The fraction of sp³-hybridized carbons (Fsp3) is 0.500. The number of hydrogen-bond acceptors (Lipinski definition) is 9. The van der Waals surface area contributed by atoms with Crippen LogP contribution < -0.4 is 9.80 Å². The van der Waals surface area contributed by atoms with E-state index in [0.717, 1.165) is 86.6 Å². The summed E-state index contributed by atoms with van der Waals surface area (Å²) in [6.45, 7) is 7.67. The van der Waals surface area contributed by atoms with Crippen LogP contribution >= 0.6 is 0 Å². The maximum atomic E-state index is 5.61. The number of anilines is 2. The highest BCUT2D eigenvalue weighted by Crippen LogP contribution is 2.35. The van der Waals surface area contributed by atoms with Crippen LogP contribution in [0.2, 0.25) is 0 Å². The predicted molar refractivity (Wildman–Crippen MR) is 118 cm³/mol. The molecule has 0 aliphatic carbocycles. The maximum Gasteiger partial charge on any atom is 0.225 e. The molecule has 2 aliphatic rings. The van der Waals surface area contributed by atoms with Gasteiger partial charge < -0.3 is 19.2 Å².